The van der Waals surface area contributed by atoms with Crippen molar-refractivity contribution in [1.82, 2.24) is 4.72 Å². The monoisotopic (exact) mass is 336 g/mol. The highest BCUT2D eigenvalue weighted by Gasteiger charge is 2.27. The lowest BCUT2D eigenvalue weighted by molar-refractivity contribution is -0.139. The molecule has 1 atom stereocenters. The van der Waals surface area contributed by atoms with Crippen LogP contribution in [0.1, 0.15) is 20.3 Å². The molecule has 0 aliphatic rings. The zero-order chi connectivity index (χ0) is 17.2. The van der Waals surface area contributed by atoms with Crippen molar-refractivity contribution in [2.45, 2.75) is 31.2 Å². The van der Waals surface area contributed by atoms with Crippen LogP contribution in [0.2, 0.25) is 0 Å². The van der Waals surface area contributed by atoms with Gasteiger partial charge in [0.05, 0.1) is 4.90 Å². The Balaban J connectivity index is 2.48. The van der Waals surface area contributed by atoms with Gasteiger partial charge in [0.15, 0.2) is 0 Å². The van der Waals surface area contributed by atoms with Crippen molar-refractivity contribution in [1.29, 1.82) is 0 Å². The summed E-state index contributed by atoms with van der Waals surface area (Å²) in [5.74, 6) is -1.15. The van der Waals surface area contributed by atoms with Crippen molar-refractivity contribution in [3.63, 3.8) is 0 Å². The third kappa shape index (κ3) is 3.80. The highest BCUT2D eigenvalue weighted by atomic mass is 32.2. The lowest BCUT2D eigenvalue weighted by Gasteiger charge is -2.17. The Hall–Kier alpha value is -2.12. The lowest BCUT2D eigenvalue weighted by atomic mass is 10.1. The number of nitrogen functional groups attached to an aromatic ring is 1. The zero-order valence-corrected chi connectivity index (χ0v) is 13.8. The summed E-state index contributed by atoms with van der Waals surface area (Å²) in [5.41, 5.74) is 6.34. The molecule has 2 aromatic rings. The van der Waals surface area contributed by atoms with E-state index in [1.807, 2.05) is 13.8 Å². The largest absolute Gasteiger partial charge is 0.480 e. The first-order chi connectivity index (χ1) is 10.7. The molecule has 0 spiro atoms. The number of carboxylic acids is 1. The van der Waals surface area contributed by atoms with E-state index in [2.05, 4.69) is 4.72 Å². The molecule has 2 aromatic carbocycles. The van der Waals surface area contributed by atoms with Gasteiger partial charge in [-0.1, -0.05) is 38.1 Å². The van der Waals surface area contributed by atoms with Crippen LogP contribution in [0.25, 0.3) is 10.8 Å². The van der Waals surface area contributed by atoms with Gasteiger partial charge in [0.25, 0.3) is 0 Å². The molecule has 0 fully saturated rings. The van der Waals surface area contributed by atoms with E-state index in [0.717, 1.165) is 0 Å². The third-order valence-electron chi connectivity index (χ3n) is 3.51. The summed E-state index contributed by atoms with van der Waals surface area (Å²) in [6.07, 6.45) is 0.210. The fourth-order valence-corrected chi connectivity index (χ4v) is 3.86. The van der Waals surface area contributed by atoms with E-state index in [0.29, 0.717) is 16.5 Å². The van der Waals surface area contributed by atoms with Crippen molar-refractivity contribution in [2.24, 2.45) is 5.92 Å². The number of hydrogen-bond donors (Lipinski definition) is 3. The van der Waals surface area contributed by atoms with Crippen LogP contribution >= 0.6 is 0 Å². The number of hydrogen-bond acceptors (Lipinski definition) is 4. The summed E-state index contributed by atoms with van der Waals surface area (Å²) in [6.45, 7) is 3.67. The van der Waals surface area contributed by atoms with E-state index < -0.39 is 22.0 Å². The van der Waals surface area contributed by atoms with Gasteiger partial charge in [-0.2, -0.15) is 4.72 Å². The van der Waals surface area contributed by atoms with Crippen LogP contribution in [0, 0.1) is 5.92 Å². The molecule has 7 heteroatoms. The molecular weight excluding hydrogens is 316 g/mol. The first kappa shape index (κ1) is 17.2. The van der Waals surface area contributed by atoms with E-state index in [4.69, 9.17) is 5.73 Å². The van der Waals surface area contributed by atoms with Gasteiger partial charge in [-0.25, -0.2) is 8.42 Å². The lowest BCUT2D eigenvalue weighted by Crippen LogP contribution is -2.41. The summed E-state index contributed by atoms with van der Waals surface area (Å²) in [6, 6.07) is 8.59. The smallest absolute Gasteiger partial charge is 0.321 e. The number of carboxylic acid groups (broad SMARTS) is 1. The molecule has 1 unspecified atom stereocenters. The maximum Gasteiger partial charge on any atom is 0.321 e. The van der Waals surface area contributed by atoms with E-state index in [1.54, 1.807) is 24.3 Å². The summed E-state index contributed by atoms with van der Waals surface area (Å²) in [5, 5.41) is 10.3. The van der Waals surface area contributed by atoms with Crippen LogP contribution in [0.4, 0.5) is 5.69 Å². The van der Waals surface area contributed by atoms with Crippen molar-refractivity contribution < 1.29 is 18.3 Å². The van der Waals surface area contributed by atoms with Gasteiger partial charge >= 0.3 is 5.97 Å². The predicted octanol–water partition coefficient (Wildman–Crippen LogP) is 2.20. The summed E-state index contributed by atoms with van der Waals surface area (Å²) in [4.78, 5) is 11.3. The second kappa shape index (κ2) is 6.55. The number of rotatable bonds is 6. The van der Waals surface area contributed by atoms with Gasteiger partial charge in [-0.05, 0) is 24.5 Å². The van der Waals surface area contributed by atoms with E-state index in [9.17, 15) is 18.3 Å². The van der Waals surface area contributed by atoms with Crippen LogP contribution in [0.15, 0.2) is 41.3 Å². The number of carbonyl (C=O) groups is 1. The first-order valence-electron chi connectivity index (χ1n) is 7.24. The van der Waals surface area contributed by atoms with Crippen molar-refractivity contribution in [3.8, 4) is 0 Å². The first-order valence-corrected chi connectivity index (χ1v) is 8.73. The minimum Gasteiger partial charge on any atom is -0.480 e. The Bertz CT molecular complexity index is 831. The number of benzene rings is 2. The molecule has 0 amide bonds. The van der Waals surface area contributed by atoms with Gasteiger partial charge in [0.1, 0.15) is 6.04 Å². The number of nitrogens with one attached hydrogen (secondary N) is 1. The molecule has 0 heterocycles. The second-order valence-electron chi connectivity index (χ2n) is 5.84. The van der Waals surface area contributed by atoms with Crippen LogP contribution in [0.3, 0.4) is 0 Å². The van der Waals surface area contributed by atoms with Crippen LogP contribution in [-0.2, 0) is 14.8 Å². The van der Waals surface area contributed by atoms with Crippen molar-refractivity contribution in [2.75, 3.05) is 5.73 Å². The van der Waals surface area contributed by atoms with Gasteiger partial charge in [0, 0.05) is 16.5 Å². The van der Waals surface area contributed by atoms with Gasteiger partial charge in [0.2, 0.25) is 10.0 Å². The summed E-state index contributed by atoms with van der Waals surface area (Å²) < 4.78 is 27.6. The predicted molar refractivity (Wildman–Crippen MR) is 89.6 cm³/mol. The minimum atomic E-state index is -3.98. The SMILES string of the molecule is CC(C)CC(NS(=O)(=O)c1ccc(N)c2ccccc12)C(=O)O. The molecule has 23 heavy (non-hydrogen) atoms. The fourth-order valence-electron chi connectivity index (χ4n) is 2.45. The highest BCUT2D eigenvalue weighted by molar-refractivity contribution is 7.89. The molecule has 0 aliphatic carbocycles. The summed E-state index contributed by atoms with van der Waals surface area (Å²) >= 11 is 0. The fraction of sp³-hybridized carbons (Fsp3) is 0.312. The van der Waals surface area contributed by atoms with Crippen LogP contribution in [-0.4, -0.2) is 25.5 Å². The van der Waals surface area contributed by atoms with Gasteiger partial charge in [-0.15, -0.1) is 0 Å². The maximum atomic E-state index is 12.6. The average Bonchev–Trinajstić information content (AvgIpc) is 2.46. The number of nitrogens with two attached hydrogens (primary N) is 1. The molecule has 2 rings (SSSR count). The van der Waals surface area contributed by atoms with Crippen LogP contribution < -0.4 is 10.5 Å². The van der Waals surface area contributed by atoms with Crippen LogP contribution in [0.5, 0.6) is 0 Å². The van der Waals surface area contributed by atoms with E-state index in [1.165, 1.54) is 12.1 Å². The number of fused-ring (bicyclic) bond motifs is 1. The molecule has 124 valence electrons. The third-order valence-corrected chi connectivity index (χ3v) is 5.04. The zero-order valence-electron chi connectivity index (χ0n) is 13.0. The standard InChI is InChI=1S/C16H20N2O4S/c1-10(2)9-14(16(19)20)18-23(21,22)15-8-7-13(17)11-5-3-4-6-12(11)15/h3-8,10,14,18H,9,17H2,1-2H3,(H,19,20). The quantitative estimate of drug-likeness (QED) is 0.701. The maximum absolute atomic E-state index is 12.6. The number of aliphatic carboxylic acids is 1. The Kier molecular flexibility index (Phi) is 4.91. The molecule has 6 nitrogen and oxygen atoms in total. The Morgan fingerprint density at radius 2 is 1.78 bits per heavy atom. The molecule has 0 aliphatic heterocycles. The summed E-state index contributed by atoms with van der Waals surface area (Å²) in [7, 11) is -3.98. The van der Waals surface area contributed by atoms with Crippen molar-refractivity contribution in [3.05, 3.63) is 36.4 Å². The Labute approximate surface area is 135 Å². The minimum absolute atomic E-state index is 0.0253. The molecule has 0 saturated heterocycles. The van der Waals surface area contributed by atoms with Gasteiger partial charge in [-0.3, -0.25) is 4.79 Å². The molecule has 0 saturated carbocycles. The highest BCUT2D eigenvalue weighted by Crippen LogP contribution is 2.27. The second-order valence-corrected chi connectivity index (χ2v) is 7.52. The Morgan fingerprint density at radius 3 is 2.35 bits per heavy atom. The molecule has 0 bridgehead atoms. The normalized spacial score (nSPS) is 13.3. The Morgan fingerprint density at radius 1 is 1.17 bits per heavy atom. The molecule has 0 radical (unpaired) electrons. The number of sulfonamides is 1. The molecule has 4 N–H and O–H groups in total. The molecule has 0 aromatic heterocycles. The number of anilines is 1. The average molecular weight is 336 g/mol. The van der Waals surface area contributed by atoms with Gasteiger partial charge < -0.3 is 10.8 Å². The van der Waals surface area contributed by atoms with Crippen molar-refractivity contribution >= 4 is 32.5 Å². The molecular formula is C16H20N2O4S. The van der Waals surface area contributed by atoms with E-state index in [-0.39, 0.29) is 17.2 Å². The van der Waals surface area contributed by atoms with E-state index >= 15 is 0 Å². The topological polar surface area (TPSA) is 109 Å².